The number of carbonyl (C=O) groups is 2. The number of ether oxygens (including phenoxy) is 1. The molecule has 108 valence electrons. The lowest BCUT2D eigenvalue weighted by atomic mass is 10.0. The van der Waals surface area contributed by atoms with Crippen LogP contribution in [0.25, 0.3) is 0 Å². The minimum Gasteiger partial charge on any atom is -0.481 e. The first kappa shape index (κ1) is 14.3. The minimum atomic E-state index is -0.952. The normalized spacial score (nSPS) is 21.4. The first-order chi connectivity index (χ1) is 9.56. The number of carboxylic acid groups (broad SMARTS) is 1. The van der Waals surface area contributed by atoms with Gasteiger partial charge in [0.05, 0.1) is 19.3 Å². The molecule has 2 amide bonds. The first-order valence-corrected chi connectivity index (χ1v) is 6.46. The summed E-state index contributed by atoms with van der Waals surface area (Å²) in [5.41, 5.74) is 2.15. The summed E-state index contributed by atoms with van der Waals surface area (Å²) >= 11 is 0. The van der Waals surface area contributed by atoms with Crippen molar-refractivity contribution in [3.05, 3.63) is 35.4 Å². The summed E-state index contributed by atoms with van der Waals surface area (Å²) in [4.78, 5) is 22.7. The maximum atomic E-state index is 11.7. The number of benzene rings is 1. The van der Waals surface area contributed by atoms with Crippen LogP contribution >= 0.6 is 0 Å². The van der Waals surface area contributed by atoms with Crippen molar-refractivity contribution in [2.75, 3.05) is 13.2 Å². The first-order valence-electron chi connectivity index (χ1n) is 6.46. The van der Waals surface area contributed by atoms with Gasteiger partial charge in [0, 0.05) is 6.54 Å². The Bertz CT molecular complexity index is 486. The number of rotatable bonds is 4. The number of aryl methyl sites for hydroxylation is 1. The summed E-state index contributed by atoms with van der Waals surface area (Å²) in [5.74, 6) is -1.63. The predicted octanol–water partition coefficient (Wildman–Crippen LogP) is 0.894. The fraction of sp³-hybridized carbons (Fsp3) is 0.429. The summed E-state index contributed by atoms with van der Waals surface area (Å²) < 4.78 is 5.08. The number of carboxylic acids is 1. The van der Waals surface area contributed by atoms with E-state index in [9.17, 15) is 9.59 Å². The molecule has 0 spiro atoms. The third-order valence-electron chi connectivity index (χ3n) is 3.29. The molecule has 1 aromatic carbocycles. The van der Waals surface area contributed by atoms with E-state index >= 15 is 0 Å². The highest BCUT2D eigenvalue weighted by Crippen LogP contribution is 2.13. The van der Waals surface area contributed by atoms with Crippen molar-refractivity contribution >= 4 is 12.0 Å². The van der Waals surface area contributed by atoms with Crippen LogP contribution in [0.5, 0.6) is 0 Å². The van der Waals surface area contributed by atoms with Crippen LogP contribution in [0, 0.1) is 12.8 Å². The molecular weight excluding hydrogens is 260 g/mol. The zero-order chi connectivity index (χ0) is 14.5. The third kappa shape index (κ3) is 3.71. The Labute approximate surface area is 117 Å². The molecule has 0 radical (unpaired) electrons. The fourth-order valence-corrected chi connectivity index (χ4v) is 2.05. The molecule has 3 N–H and O–H groups in total. The van der Waals surface area contributed by atoms with Crippen LogP contribution in [0.15, 0.2) is 24.3 Å². The predicted molar refractivity (Wildman–Crippen MR) is 72.3 cm³/mol. The van der Waals surface area contributed by atoms with Crippen LogP contribution in [-0.4, -0.2) is 36.4 Å². The van der Waals surface area contributed by atoms with Gasteiger partial charge >= 0.3 is 12.0 Å². The van der Waals surface area contributed by atoms with Gasteiger partial charge in [0.1, 0.15) is 5.92 Å². The van der Waals surface area contributed by atoms with Gasteiger partial charge in [0.25, 0.3) is 0 Å². The zero-order valence-corrected chi connectivity index (χ0v) is 11.3. The number of carbonyl (C=O) groups excluding carboxylic acids is 1. The third-order valence-corrected chi connectivity index (χ3v) is 3.29. The number of hydrogen-bond acceptors (Lipinski definition) is 3. The van der Waals surface area contributed by atoms with Gasteiger partial charge in [-0.2, -0.15) is 0 Å². The lowest BCUT2D eigenvalue weighted by Gasteiger charge is -2.16. The highest BCUT2D eigenvalue weighted by atomic mass is 16.5. The fourth-order valence-electron chi connectivity index (χ4n) is 2.05. The molecule has 20 heavy (non-hydrogen) atoms. The second kappa shape index (κ2) is 6.38. The van der Waals surface area contributed by atoms with Gasteiger partial charge in [-0.1, -0.05) is 29.8 Å². The van der Waals surface area contributed by atoms with Crippen LogP contribution in [-0.2, 0) is 16.1 Å². The van der Waals surface area contributed by atoms with Gasteiger partial charge in [-0.25, -0.2) is 4.79 Å². The average Bonchev–Trinajstić information content (AvgIpc) is 2.86. The largest absolute Gasteiger partial charge is 0.481 e. The number of nitrogens with one attached hydrogen (secondary N) is 2. The van der Waals surface area contributed by atoms with Gasteiger partial charge < -0.3 is 20.5 Å². The van der Waals surface area contributed by atoms with Crippen molar-refractivity contribution in [3.63, 3.8) is 0 Å². The Balaban J connectivity index is 1.80. The summed E-state index contributed by atoms with van der Waals surface area (Å²) in [6.45, 7) is 2.76. The molecule has 2 unspecified atom stereocenters. The quantitative estimate of drug-likeness (QED) is 0.763. The molecule has 1 heterocycles. The number of aliphatic carboxylic acids is 1. The van der Waals surface area contributed by atoms with Crippen molar-refractivity contribution in [1.82, 2.24) is 10.6 Å². The van der Waals surface area contributed by atoms with Gasteiger partial charge in [-0.3, -0.25) is 4.79 Å². The number of amides is 2. The molecule has 0 aromatic heterocycles. The van der Waals surface area contributed by atoms with E-state index in [4.69, 9.17) is 9.84 Å². The van der Waals surface area contributed by atoms with E-state index in [-0.39, 0.29) is 19.2 Å². The van der Waals surface area contributed by atoms with Gasteiger partial charge in [-0.15, -0.1) is 0 Å². The summed E-state index contributed by atoms with van der Waals surface area (Å²) in [6, 6.07) is 6.96. The molecule has 0 aliphatic carbocycles. The Morgan fingerprint density at radius 1 is 1.30 bits per heavy atom. The molecule has 1 aliphatic rings. The lowest BCUT2D eigenvalue weighted by Crippen LogP contribution is -2.47. The maximum Gasteiger partial charge on any atom is 0.315 e. The standard InChI is InChI=1S/C14H18N2O4/c1-9-2-4-10(5-3-9)6-15-14(19)16-12-8-20-7-11(12)13(17)18/h2-5,11-12H,6-8H2,1H3,(H,17,18)(H2,15,16,19). The van der Waals surface area contributed by atoms with Gasteiger partial charge in [-0.05, 0) is 12.5 Å². The zero-order valence-electron chi connectivity index (χ0n) is 11.3. The van der Waals surface area contributed by atoms with Crippen LogP contribution < -0.4 is 10.6 Å². The second-order valence-corrected chi connectivity index (χ2v) is 4.90. The summed E-state index contributed by atoms with van der Waals surface area (Å²) in [5, 5.41) is 14.3. The van der Waals surface area contributed by atoms with E-state index in [1.165, 1.54) is 0 Å². The van der Waals surface area contributed by atoms with Crippen LogP contribution in [0.1, 0.15) is 11.1 Å². The van der Waals surface area contributed by atoms with Crippen LogP contribution in [0.4, 0.5) is 4.79 Å². The highest BCUT2D eigenvalue weighted by molar-refractivity contribution is 5.77. The molecule has 1 aliphatic heterocycles. The SMILES string of the molecule is Cc1ccc(CNC(=O)NC2COCC2C(=O)O)cc1. The molecule has 0 bridgehead atoms. The number of urea groups is 1. The summed E-state index contributed by atoms with van der Waals surface area (Å²) in [7, 11) is 0. The van der Waals surface area contributed by atoms with Crippen LogP contribution in [0.3, 0.4) is 0 Å². The van der Waals surface area contributed by atoms with Crippen LogP contribution in [0.2, 0.25) is 0 Å². The molecule has 1 aromatic rings. The summed E-state index contributed by atoms with van der Waals surface area (Å²) in [6.07, 6.45) is 0. The van der Waals surface area contributed by atoms with E-state index in [1.54, 1.807) is 0 Å². The van der Waals surface area contributed by atoms with Crippen molar-refractivity contribution in [2.45, 2.75) is 19.5 Å². The van der Waals surface area contributed by atoms with E-state index in [1.807, 2.05) is 31.2 Å². The molecule has 2 atom stereocenters. The highest BCUT2D eigenvalue weighted by Gasteiger charge is 2.34. The van der Waals surface area contributed by atoms with Gasteiger partial charge in [0.15, 0.2) is 0 Å². The lowest BCUT2D eigenvalue weighted by molar-refractivity contribution is -0.142. The van der Waals surface area contributed by atoms with Crippen molar-refractivity contribution in [3.8, 4) is 0 Å². The smallest absolute Gasteiger partial charge is 0.315 e. The van der Waals surface area contributed by atoms with E-state index in [0.29, 0.717) is 6.54 Å². The average molecular weight is 278 g/mol. The Morgan fingerprint density at radius 3 is 2.65 bits per heavy atom. The molecular formula is C14H18N2O4. The monoisotopic (exact) mass is 278 g/mol. The van der Waals surface area contributed by atoms with E-state index < -0.39 is 17.9 Å². The molecule has 6 nitrogen and oxygen atoms in total. The van der Waals surface area contributed by atoms with Crippen molar-refractivity contribution < 1.29 is 19.4 Å². The van der Waals surface area contributed by atoms with Crippen molar-refractivity contribution in [2.24, 2.45) is 5.92 Å². The Morgan fingerprint density at radius 2 is 2.00 bits per heavy atom. The maximum absolute atomic E-state index is 11.7. The van der Waals surface area contributed by atoms with E-state index in [0.717, 1.165) is 11.1 Å². The Kier molecular flexibility index (Phi) is 4.57. The molecule has 1 saturated heterocycles. The minimum absolute atomic E-state index is 0.137. The second-order valence-electron chi connectivity index (χ2n) is 4.90. The topological polar surface area (TPSA) is 87.7 Å². The molecule has 0 saturated carbocycles. The number of hydrogen-bond donors (Lipinski definition) is 3. The van der Waals surface area contributed by atoms with E-state index in [2.05, 4.69) is 10.6 Å². The molecule has 2 rings (SSSR count). The van der Waals surface area contributed by atoms with Crippen molar-refractivity contribution in [1.29, 1.82) is 0 Å². The molecule has 6 heteroatoms. The van der Waals surface area contributed by atoms with Gasteiger partial charge in [0.2, 0.25) is 0 Å². The Hall–Kier alpha value is -2.08. The molecule has 1 fully saturated rings.